The van der Waals surface area contributed by atoms with Crippen LogP contribution in [0.25, 0.3) is 5.82 Å². The first-order valence-electron chi connectivity index (χ1n) is 8.40. The molecule has 0 aliphatic heterocycles. The van der Waals surface area contributed by atoms with Crippen LogP contribution in [-0.2, 0) is 0 Å². The first-order chi connectivity index (χ1) is 14.2. The highest BCUT2D eigenvalue weighted by Crippen LogP contribution is 2.27. The lowest BCUT2D eigenvalue weighted by Crippen LogP contribution is -2.24. The molecule has 11 heteroatoms. The maximum atomic E-state index is 13.1. The van der Waals surface area contributed by atoms with Crippen molar-refractivity contribution in [2.75, 3.05) is 12.4 Å². The number of nitriles is 1. The molecule has 2 N–H and O–H groups in total. The summed E-state index contributed by atoms with van der Waals surface area (Å²) in [4.78, 5) is 29.5. The SMILES string of the molecule is CNC(=O)c1cc(C#N)cc(C)c1NC(=O)c1cc(Br)nn1-c1ncc(Cl)cc1Cl. The quantitative estimate of drug-likeness (QED) is 0.551. The van der Waals surface area contributed by atoms with Gasteiger partial charge in [-0.25, -0.2) is 9.67 Å². The zero-order valence-electron chi connectivity index (χ0n) is 15.6. The van der Waals surface area contributed by atoms with Crippen molar-refractivity contribution in [3.8, 4) is 11.9 Å². The van der Waals surface area contributed by atoms with E-state index < -0.39 is 11.8 Å². The second kappa shape index (κ2) is 8.83. The molecule has 0 aliphatic carbocycles. The van der Waals surface area contributed by atoms with Crippen molar-refractivity contribution in [3.63, 3.8) is 0 Å². The maximum Gasteiger partial charge on any atom is 0.274 e. The fourth-order valence-electron chi connectivity index (χ4n) is 2.75. The fraction of sp³-hybridized carbons (Fsp3) is 0.105. The van der Waals surface area contributed by atoms with Gasteiger partial charge in [-0.2, -0.15) is 10.4 Å². The number of hydrogen-bond donors (Lipinski definition) is 2. The Morgan fingerprint density at radius 2 is 1.93 bits per heavy atom. The smallest absolute Gasteiger partial charge is 0.274 e. The second-order valence-corrected chi connectivity index (χ2v) is 7.74. The molecule has 0 saturated heterocycles. The summed E-state index contributed by atoms with van der Waals surface area (Å²) in [6, 6.07) is 7.95. The molecule has 152 valence electrons. The number of rotatable bonds is 4. The van der Waals surface area contributed by atoms with E-state index in [1.165, 1.54) is 36.1 Å². The highest BCUT2D eigenvalue weighted by molar-refractivity contribution is 9.10. The number of pyridine rings is 1. The standard InChI is InChI=1S/C19H13BrCl2N6O2/c1-9-3-10(7-23)4-12(18(29)24-2)16(9)26-19(30)14-6-15(20)27-28(14)17-13(22)5-11(21)8-25-17/h3-6,8H,1-2H3,(H,24,29)(H,26,30). The molecule has 0 unspecified atom stereocenters. The highest BCUT2D eigenvalue weighted by atomic mass is 79.9. The van der Waals surface area contributed by atoms with Crippen molar-refractivity contribution in [1.29, 1.82) is 5.26 Å². The predicted molar refractivity (Wildman–Crippen MR) is 116 cm³/mol. The highest BCUT2D eigenvalue weighted by Gasteiger charge is 2.22. The molecule has 0 fully saturated rings. The average Bonchev–Trinajstić information content (AvgIpc) is 3.10. The zero-order chi connectivity index (χ0) is 22.0. The molecule has 0 atom stereocenters. The molecule has 0 saturated carbocycles. The summed E-state index contributed by atoms with van der Waals surface area (Å²) in [6.45, 7) is 1.69. The van der Waals surface area contributed by atoms with E-state index in [9.17, 15) is 14.9 Å². The molecule has 2 heterocycles. The van der Waals surface area contributed by atoms with Gasteiger partial charge in [-0.15, -0.1) is 0 Å². The first kappa shape index (κ1) is 21.8. The van der Waals surface area contributed by atoms with Crippen molar-refractivity contribution in [2.24, 2.45) is 0 Å². The van der Waals surface area contributed by atoms with Gasteiger partial charge in [0.05, 0.1) is 32.9 Å². The zero-order valence-corrected chi connectivity index (χ0v) is 18.7. The third-order valence-corrected chi connectivity index (χ3v) is 4.95. The average molecular weight is 508 g/mol. The number of anilines is 1. The van der Waals surface area contributed by atoms with Crippen LogP contribution in [0.2, 0.25) is 10.0 Å². The number of aryl methyl sites for hydroxylation is 1. The number of carbonyl (C=O) groups excluding carboxylic acids is 2. The van der Waals surface area contributed by atoms with Gasteiger partial charge < -0.3 is 10.6 Å². The summed E-state index contributed by atoms with van der Waals surface area (Å²) >= 11 is 15.4. The van der Waals surface area contributed by atoms with Crippen molar-refractivity contribution in [1.82, 2.24) is 20.1 Å². The molecule has 0 spiro atoms. The number of nitrogens with one attached hydrogen (secondary N) is 2. The van der Waals surface area contributed by atoms with Crippen LogP contribution in [0, 0.1) is 18.3 Å². The van der Waals surface area contributed by atoms with Gasteiger partial charge in [0, 0.05) is 19.3 Å². The summed E-state index contributed by atoms with van der Waals surface area (Å²) in [7, 11) is 1.46. The van der Waals surface area contributed by atoms with Crippen LogP contribution in [0.4, 0.5) is 5.69 Å². The van der Waals surface area contributed by atoms with Gasteiger partial charge >= 0.3 is 0 Å². The minimum absolute atomic E-state index is 0.116. The summed E-state index contributed by atoms with van der Waals surface area (Å²) < 4.78 is 1.64. The molecule has 0 aliphatic rings. The Balaban J connectivity index is 2.07. The topological polar surface area (TPSA) is 113 Å². The van der Waals surface area contributed by atoms with Crippen LogP contribution in [0.1, 0.15) is 32.0 Å². The van der Waals surface area contributed by atoms with Crippen LogP contribution < -0.4 is 10.6 Å². The van der Waals surface area contributed by atoms with E-state index in [-0.39, 0.29) is 27.8 Å². The molecular formula is C19H13BrCl2N6O2. The normalized spacial score (nSPS) is 10.4. The van der Waals surface area contributed by atoms with Gasteiger partial charge in [0.1, 0.15) is 10.3 Å². The predicted octanol–water partition coefficient (Wildman–Crippen LogP) is 4.13. The van der Waals surface area contributed by atoms with Crippen molar-refractivity contribution in [2.45, 2.75) is 6.92 Å². The van der Waals surface area contributed by atoms with Gasteiger partial charge in [0.15, 0.2) is 5.82 Å². The van der Waals surface area contributed by atoms with Gasteiger partial charge in [-0.05, 0) is 46.6 Å². The molecule has 30 heavy (non-hydrogen) atoms. The number of nitrogens with zero attached hydrogens (tertiary/aromatic N) is 4. The Labute approximate surface area is 189 Å². The summed E-state index contributed by atoms with van der Waals surface area (Å²) in [5, 5.41) is 19.2. The number of hydrogen-bond acceptors (Lipinski definition) is 5. The van der Waals surface area contributed by atoms with E-state index in [2.05, 4.69) is 36.6 Å². The number of amides is 2. The van der Waals surface area contributed by atoms with Crippen LogP contribution in [0.3, 0.4) is 0 Å². The van der Waals surface area contributed by atoms with E-state index in [4.69, 9.17) is 23.2 Å². The second-order valence-electron chi connectivity index (χ2n) is 6.08. The van der Waals surface area contributed by atoms with Crippen molar-refractivity contribution < 1.29 is 9.59 Å². The van der Waals surface area contributed by atoms with E-state index in [0.717, 1.165) is 0 Å². The summed E-state index contributed by atoms with van der Waals surface area (Å²) in [5.74, 6) is -0.790. The Bertz CT molecular complexity index is 1220. The molecule has 3 rings (SSSR count). The molecule has 2 aromatic heterocycles. The fourth-order valence-corrected chi connectivity index (χ4v) is 3.58. The Kier molecular flexibility index (Phi) is 6.41. The Hall–Kier alpha value is -2.93. The van der Waals surface area contributed by atoms with Gasteiger partial charge in [-0.1, -0.05) is 23.2 Å². The third kappa shape index (κ3) is 4.31. The van der Waals surface area contributed by atoms with Crippen LogP contribution in [0.5, 0.6) is 0 Å². The minimum atomic E-state index is -0.557. The van der Waals surface area contributed by atoms with E-state index >= 15 is 0 Å². The molecule has 0 bridgehead atoms. The van der Waals surface area contributed by atoms with Crippen LogP contribution in [-0.4, -0.2) is 33.6 Å². The summed E-state index contributed by atoms with van der Waals surface area (Å²) in [6.07, 6.45) is 1.38. The molecular weight excluding hydrogens is 495 g/mol. The van der Waals surface area contributed by atoms with Crippen LogP contribution >= 0.6 is 39.1 Å². The lowest BCUT2D eigenvalue weighted by Gasteiger charge is -2.14. The van der Waals surface area contributed by atoms with Gasteiger partial charge in [-0.3, -0.25) is 9.59 Å². The lowest BCUT2D eigenvalue weighted by atomic mass is 10.0. The molecule has 1 aromatic carbocycles. The first-order valence-corrected chi connectivity index (χ1v) is 9.95. The van der Waals surface area contributed by atoms with Gasteiger partial charge in [0.2, 0.25) is 0 Å². The number of aromatic nitrogens is 3. The molecule has 3 aromatic rings. The molecule has 8 nitrogen and oxygen atoms in total. The Morgan fingerprint density at radius 1 is 1.20 bits per heavy atom. The van der Waals surface area contributed by atoms with Crippen LogP contribution in [0.15, 0.2) is 35.1 Å². The molecule has 0 radical (unpaired) electrons. The van der Waals surface area contributed by atoms with E-state index in [0.29, 0.717) is 20.8 Å². The third-order valence-electron chi connectivity index (χ3n) is 4.08. The van der Waals surface area contributed by atoms with E-state index in [1.54, 1.807) is 13.0 Å². The number of halogens is 3. The largest absolute Gasteiger partial charge is 0.355 e. The number of benzene rings is 1. The monoisotopic (exact) mass is 506 g/mol. The number of carbonyl (C=O) groups is 2. The Morgan fingerprint density at radius 3 is 2.57 bits per heavy atom. The van der Waals surface area contributed by atoms with Crippen molar-refractivity contribution in [3.05, 3.63) is 67.5 Å². The van der Waals surface area contributed by atoms with Crippen molar-refractivity contribution >= 4 is 56.6 Å². The minimum Gasteiger partial charge on any atom is -0.355 e. The maximum absolute atomic E-state index is 13.1. The lowest BCUT2D eigenvalue weighted by molar-refractivity contribution is 0.0964. The van der Waals surface area contributed by atoms with E-state index in [1.807, 2.05) is 6.07 Å². The molecule has 2 amide bonds. The van der Waals surface area contributed by atoms with Gasteiger partial charge in [0.25, 0.3) is 11.8 Å². The summed E-state index contributed by atoms with van der Waals surface area (Å²) in [5.41, 5.74) is 1.40.